The normalized spacial score (nSPS) is 10.3. The third-order valence-electron chi connectivity index (χ3n) is 2.37. The Kier molecular flexibility index (Phi) is 3.68. The first-order chi connectivity index (χ1) is 8.16. The van der Waals surface area contributed by atoms with Crippen LogP contribution in [-0.4, -0.2) is 9.97 Å². The average Bonchev–Trinajstić information content (AvgIpc) is 2.33. The van der Waals surface area contributed by atoms with E-state index in [0.717, 1.165) is 16.9 Å². The van der Waals surface area contributed by atoms with Crippen LogP contribution in [0.25, 0.3) is 0 Å². The Bertz CT molecular complexity index is 517. The van der Waals surface area contributed by atoms with Gasteiger partial charge in [0.1, 0.15) is 12.1 Å². The van der Waals surface area contributed by atoms with E-state index < -0.39 is 0 Å². The highest BCUT2D eigenvalue weighted by atomic mass is 79.9. The fourth-order valence-electron chi connectivity index (χ4n) is 1.45. The molecular formula is C12H11BrFN3. The Labute approximate surface area is 107 Å². The summed E-state index contributed by atoms with van der Waals surface area (Å²) in [6.45, 7) is 2.47. The van der Waals surface area contributed by atoms with Crippen LogP contribution in [0.2, 0.25) is 0 Å². The van der Waals surface area contributed by atoms with E-state index in [2.05, 4.69) is 31.2 Å². The van der Waals surface area contributed by atoms with Crippen LogP contribution in [0.4, 0.5) is 10.1 Å². The molecule has 0 fully saturated rings. The van der Waals surface area contributed by atoms with Crippen LogP contribution in [-0.2, 0) is 6.54 Å². The molecule has 0 aliphatic rings. The second-order valence-corrected chi connectivity index (χ2v) is 4.49. The number of hydrogen-bond acceptors (Lipinski definition) is 3. The lowest BCUT2D eigenvalue weighted by atomic mass is 10.2. The summed E-state index contributed by atoms with van der Waals surface area (Å²) in [6, 6.07) is 5.04. The van der Waals surface area contributed by atoms with Gasteiger partial charge in [0.05, 0.1) is 16.7 Å². The Hall–Kier alpha value is -1.49. The standard InChI is InChI=1S/C12H11BrFN3/c1-8-4-10(13)11(14)5-12(8)16-6-9-2-3-15-7-17-9/h2-5,7,16H,6H2,1H3. The lowest BCUT2D eigenvalue weighted by molar-refractivity contribution is 0.621. The van der Waals surface area contributed by atoms with E-state index in [4.69, 9.17) is 0 Å². The zero-order valence-corrected chi connectivity index (χ0v) is 10.8. The summed E-state index contributed by atoms with van der Waals surface area (Å²) in [5.74, 6) is -0.277. The summed E-state index contributed by atoms with van der Waals surface area (Å²) in [6.07, 6.45) is 3.17. The van der Waals surface area contributed by atoms with Crippen molar-refractivity contribution < 1.29 is 4.39 Å². The molecule has 0 radical (unpaired) electrons. The molecule has 1 aromatic carbocycles. The van der Waals surface area contributed by atoms with Crippen molar-refractivity contribution in [1.82, 2.24) is 9.97 Å². The Morgan fingerprint density at radius 2 is 2.24 bits per heavy atom. The Balaban J connectivity index is 2.12. The first-order valence-electron chi connectivity index (χ1n) is 5.11. The molecule has 0 amide bonds. The van der Waals surface area contributed by atoms with Crippen molar-refractivity contribution in [1.29, 1.82) is 0 Å². The summed E-state index contributed by atoms with van der Waals surface area (Å²) >= 11 is 3.15. The quantitative estimate of drug-likeness (QED) is 0.944. The lowest BCUT2D eigenvalue weighted by Gasteiger charge is -2.10. The highest BCUT2D eigenvalue weighted by molar-refractivity contribution is 9.10. The van der Waals surface area contributed by atoms with Gasteiger partial charge >= 0.3 is 0 Å². The van der Waals surface area contributed by atoms with E-state index in [1.807, 2.05) is 13.0 Å². The van der Waals surface area contributed by atoms with Crippen LogP contribution >= 0.6 is 15.9 Å². The summed E-state index contributed by atoms with van der Waals surface area (Å²) in [7, 11) is 0. The van der Waals surface area contributed by atoms with Crippen molar-refractivity contribution in [3.05, 3.63) is 52.3 Å². The number of anilines is 1. The number of rotatable bonds is 3. The minimum atomic E-state index is -0.277. The second-order valence-electron chi connectivity index (χ2n) is 3.64. The molecular weight excluding hydrogens is 285 g/mol. The zero-order chi connectivity index (χ0) is 12.3. The molecule has 0 atom stereocenters. The molecule has 0 saturated carbocycles. The maximum Gasteiger partial charge on any atom is 0.139 e. The summed E-state index contributed by atoms with van der Waals surface area (Å²) in [5.41, 5.74) is 2.61. The number of nitrogens with one attached hydrogen (secondary N) is 1. The van der Waals surface area contributed by atoms with Gasteiger partial charge in [-0.1, -0.05) is 0 Å². The molecule has 1 aromatic heterocycles. The molecule has 0 saturated heterocycles. The van der Waals surface area contributed by atoms with Crippen LogP contribution in [0, 0.1) is 12.7 Å². The van der Waals surface area contributed by atoms with Crippen molar-refractivity contribution in [2.24, 2.45) is 0 Å². The van der Waals surface area contributed by atoms with Crippen molar-refractivity contribution in [2.75, 3.05) is 5.32 Å². The molecule has 1 heterocycles. The van der Waals surface area contributed by atoms with Gasteiger partial charge in [-0.3, -0.25) is 0 Å². The smallest absolute Gasteiger partial charge is 0.139 e. The zero-order valence-electron chi connectivity index (χ0n) is 9.24. The van der Waals surface area contributed by atoms with E-state index in [0.29, 0.717) is 11.0 Å². The van der Waals surface area contributed by atoms with Gasteiger partial charge in [0.2, 0.25) is 0 Å². The van der Waals surface area contributed by atoms with Gasteiger partial charge in [0.25, 0.3) is 0 Å². The van der Waals surface area contributed by atoms with E-state index in [1.54, 1.807) is 12.3 Å². The monoisotopic (exact) mass is 295 g/mol. The molecule has 3 nitrogen and oxygen atoms in total. The lowest BCUT2D eigenvalue weighted by Crippen LogP contribution is -2.03. The minimum Gasteiger partial charge on any atom is -0.379 e. The third-order valence-corrected chi connectivity index (χ3v) is 2.98. The maximum atomic E-state index is 13.4. The summed E-state index contributed by atoms with van der Waals surface area (Å²) in [4.78, 5) is 7.93. The second kappa shape index (κ2) is 5.23. The summed E-state index contributed by atoms with van der Waals surface area (Å²) < 4.78 is 13.8. The van der Waals surface area contributed by atoms with Gasteiger partial charge in [-0.25, -0.2) is 14.4 Å². The van der Waals surface area contributed by atoms with Crippen LogP contribution in [0.15, 0.2) is 35.2 Å². The van der Waals surface area contributed by atoms with Gasteiger partial charge < -0.3 is 5.32 Å². The molecule has 0 bridgehead atoms. The van der Waals surface area contributed by atoms with Crippen LogP contribution in [0.5, 0.6) is 0 Å². The largest absolute Gasteiger partial charge is 0.379 e. The van der Waals surface area contributed by atoms with Gasteiger partial charge in [0, 0.05) is 11.9 Å². The fourth-order valence-corrected chi connectivity index (χ4v) is 1.90. The minimum absolute atomic E-state index is 0.277. The average molecular weight is 296 g/mol. The molecule has 88 valence electrons. The summed E-state index contributed by atoms with van der Waals surface area (Å²) in [5, 5.41) is 3.15. The molecule has 0 aliphatic heterocycles. The van der Waals surface area contributed by atoms with E-state index in [9.17, 15) is 4.39 Å². The number of benzene rings is 1. The van der Waals surface area contributed by atoms with Crippen LogP contribution in [0.3, 0.4) is 0 Å². The molecule has 0 unspecified atom stereocenters. The maximum absolute atomic E-state index is 13.4. The van der Waals surface area contributed by atoms with Gasteiger partial charge in [-0.2, -0.15) is 0 Å². The molecule has 0 aliphatic carbocycles. The van der Waals surface area contributed by atoms with Gasteiger partial charge in [-0.05, 0) is 46.6 Å². The number of nitrogens with zero attached hydrogens (tertiary/aromatic N) is 2. The molecule has 1 N–H and O–H groups in total. The third kappa shape index (κ3) is 3.00. The van der Waals surface area contributed by atoms with Crippen molar-refractivity contribution in [3.63, 3.8) is 0 Å². The highest BCUT2D eigenvalue weighted by Crippen LogP contribution is 2.24. The van der Waals surface area contributed by atoms with Crippen LogP contribution < -0.4 is 5.32 Å². The number of hydrogen-bond donors (Lipinski definition) is 1. The van der Waals surface area contributed by atoms with Crippen molar-refractivity contribution in [2.45, 2.75) is 13.5 Å². The van der Waals surface area contributed by atoms with Crippen LogP contribution in [0.1, 0.15) is 11.3 Å². The van der Waals surface area contributed by atoms with E-state index >= 15 is 0 Å². The molecule has 2 rings (SSSR count). The number of aryl methyl sites for hydroxylation is 1. The van der Waals surface area contributed by atoms with E-state index in [-0.39, 0.29) is 5.82 Å². The molecule has 0 spiro atoms. The van der Waals surface area contributed by atoms with Gasteiger partial charge in [-0.15, -0.1) is 0 Å². The van der Waals surface area contributed by atoms with Crippen molar-refractivity contribution >= 4 is 21.6 Å². The molecule has 2 aromatic rings. The number of aromatic nitrogens is 2. The number of halogens is 2. The Morgan fingerprint density at radius 3 is 2.94 bits per heavy atom. The van der Waals surface area contributed by atoms with Gasteiger partial charge in [0.15, 0.2) is 0 Å². The molecule has 17 heavy (non-hydrogen) atoms. The van der Waals surface area contributed by atoms with Crippen molar-refractivity contribution in [3.8, 4) is 0 Å². The fraction of sp³-hybridized carbons (Fsp3) is 0.167. The SMILES string of the molecule is Cc1cc(Br)c(F)cc1NCc1ccncn1. The highest BCUT2D eigenvalue weighted by Gasteiger charge is 2.05. The van der Waals surface area contributed by atoms with E-state index in [1.165, 1.54) is 12.4 Å². The predicted molar refractivity (Wildman–Crippen MR) is 68.2 cm³/mol. The predicted octanol–water partition coefficient (Wildman–Crippen LogP) is 3.30. The first kappa shape index (κ1) is 12.0. The molecule has 5 heteroatoms. The topological polar surface area (TPSA) is 37.8 Å². The first-order valence-corrected chi connectivity index (χ1v) is 5.90. The Morgan fingerprint density at radius 1 is 1.41 bits per heavy atom.